The predicted octanol–water partition coefficient (Wildman–Crippen LogP) is 1.88. The molecule has 0 unspecified atom stereocenters. The SMILES string of the molecule is CCNCc1ccc(N(CC)CCCO)c(C#N)c1. The highest BCUT2D eigenvalue weighted by atomic mass is 16.3. The molecule has 104 valence electrons. The van der Waals surface area contributed by atoms with Gasteiger partial charge in [-0.1, -0.05) is 13.0 Å². The Morgan fingerprint density at radius 1 is 1.37 bits per heavy atom. The van der Waals surface area contributed by atoms with Gasteiger partial charge < -0.3 is 15.3 Å². The van der Waals surface area contributed by atoms with E-state index in [1.54, 1.807) is 0 Å². The maximum absolute atomic E-state index is 9.29. The summed E-state index contributed by atoms with van der Waals surface area (Å²) >= 11 is 0. The fraction of sp³-hybridized carbons (Fsp3) is 0.533. The smallest absolute Gasteiger partial charge is 0.101 e. The number of hydrogen-bond acceptors (Lipinski definition) is 4. The van der Waals surface area contributed by atoms with Gasteiger partial charge in [-0.25, -0.2) is 0 Å². The monoisotopic (exact) mass is 261 g/mol. The lowest BCUT2D eigenvalue weighted by molar-refractivity contribution is 0.289. The average Bonchev–Trinajstić information content (AvgIpc) is 2.46. The molecule has 0 radical (unpaired) electrons. The largest absolute Gasteiger partial charge is 0.396 e. The lowest BCUT2D eigenvalue weighted by Gasteiger charge is -2.24. The van der Waals surface area contributed by atoms with Crippen LogP contribution in [0.2, 0.25) is 0 Å². The Kier molecular flexibility index (Phi) is 6.94. The number of nitrogens with one attached hydrogen (secondary N) is 1. The van der Waals surface area contributed by atoms with Crippen molar-refractivity contribution >= 4 is 5.69 Å². The van der Waals surface area contributed by atoms with Crippen LogP contribution in [0.15, 0.2) is 18.2 Å². The molecule has 0 aliphatic rings. The van der Waals surface area contributed by atoms with E-state index < -0.39 is 0 Å². The summed E-state index contributed by atoms with van der Waals surface area (Å²) in [5, 5.41) is 21.5. The molecule has 0 amide bonds. The highest BCUT2D eigenvalue weighted by Crippen LogP contribution is 2.21. The van der Waals surface area contributed by atoms with Gasteiger partial charge >= 0.3 is 0 Å². The van der Waals surface area contributed by atoms with Crippen LogP contribution in [0, 0.1) is 11.3 Å². The summed E-state index contributed by atoms with van der Waals surface area (Å²) in [6, 6.07) is 8.28. The van der Waals surface area contributed by atoms with Gasteiger partial charge in [0.05, 0.1) is 11.3 Å². The Morgan fingerprint density at radius 3 is 2.74 bits per heavy atom. The number of aliphatic hydroxyl groups is 1. The number of anilines is 1. The molecule has 0 aromatic heterocycles. The Bertz CT molecular complexity index is 426. The van der Waals surface area contributed by atoms with Crippen LogP contribution in [0.1, 0.15) is 31.4 Å². The first-order chi connectivity index (χ1) is 9.26. The van der Waals surface area contributed by atoms with Crippen LogP contribution >= 0.6 is 0 Å². The number of nitrogens with zero attached hydrogens (tertiary/aromatic N) is 2. The minimum atomic E-state index is 0.177. The van der Waals surface area contributed by atoms with Crippen LogP contribution in [-0.4, -0.2) is 31.3 Å². The lowest BCUT2D eigenvalue weighted by atomic mass is 10.1. The molecule has 4 heteroatoms. The van der Waals surface area contributed by atoms with Crippen LogP contribution in [0.5, 0.6) is 0 Å². The third kappa shape index (κ3) is 4.55. The molecular formula is C15H23N3O. The molecule has 0 aliphatic heterocycles. The third-order valence-electron chi connectivity index (χ3n) is 3.07. The second-order valence-electron chi connectivity index (χ2n) is 4.40. The van der Waals surface area contributed by atoms with Crippen LogP contribution in [-0.2, 0) is 6.54 Å². The van der Waals surface area contributed by atoms with Crippen molar-refractivity contribution in [2.45, 2.75) is 26.8 Å². The fourth-order valence-corrected chi connectivity index (χ4v) is 2.04. The molecule has 0 heterocycles. The second kappa shape index (κ2) is 8.52. The number of nitriles is 1. The molecule has 0 atom stereocenters. The van der Waals surface area contributed by atoms with Crippen molar-refractivity contribution in [1.29, 1.82) is 5.26 Å². The summed E-state index contributed by atoms with van der Waals surface area (Å²) in [6.45, 7) is 7.61. The van der Waals surface area contributed by atoms with Crippen molar-refractivity contribution in [1.82, 2.24) is 5.32 Å². The minimum absolute atomic E-state index is 0.177. The van der Waals surface area contributed by atoms with E-state index >= 15 is 0 Å². The Hall–Kier alpha value is -1.57. The van der Waals surface area contributed by atoms with Crippen LogP contribution < -0.4 is 10.2 Å². The van der Waals surface area contributed by atoms with Gasteiger partial charge in [0, 0.05) is 26.2 Å². The highest BCUT2D eigenvalue weighted by molar-refractivity contribution is 5.60. The molecule has 0 fully saturated rings. The number of aliphatic hydroxyl groups excluding tert-OH is 1. The van der Waals surface area contributed by atoms with Gasteiger partial charge in [-0.2, -0.15) is 5.26 Å². The van der Waals surface area contributed by atoms with E-state index in [0.29, 0.717) is 5.56 Å². The number of hydrogen-bond donors (Lipinski definition) is 2. The quantitative estimate of drug-likeness (QED) is 0.750. The maximum Gasteiger partial charge on any atom is 0.101 e. The zero-order valence-electron chi connectivity index (χ0n) is 11.8. The Morgan fingerprint density at radius 2 is 2.16 bits per heavy atom. The van der Waals surface area contributed by atoms with Gasteiger partial charge in [0.1, 0.15) is 6.07 Å². The first-order valence-electron chi connectivity index (χ1n) is 6.86. The van der Waals surface area contributed by atoms with Gasteiger partial charge in [0.25, 0.3) is 0 Å². The fourth-order valence-electron chi connectivity index (χ4n) is 2.04. The zero-order chi connectivity index (χ0) is 14.1. The predicted molar refractivity (Wildman–Crippen MR) is 78.1 cm³/mol. The Labute approximate surface area is 115 Å². The topological polar surface area (TPSA) is 59.3 Å². The van der Waals surface area contributed by atoms with E-state index in [2.05, 4.69) is 36.2 Å². The normalized spacial score (nSPS) is 10.2. The van der Waals surface area contributed by atoms with E-state index in [1.807, 2.05) is 12.1 Å². The van der Waals surface area contributed by atoms with Crippen molar-refractivity contribution in [3.05, 3.63) is 29.3 Å². The van der Waals surface area contributed by atoms with Gasteiger partial charge in [-0.15, -0.1) is 0 Å². The molecule has 4 nitrogen and oxygen atoms in total. The van der Waals surface area contributed by atoms with Crippen LogP contribution in [0.25, 0.3) is 0 Å². The van der Waals surface area contributed by atoms with E-state index in [1.165, 1.54) is 0 Å². The van der Waals surface area contributed by atoms with Crippen molar-refractivity contribution < 1.29 is 5.11 Å². The molecule has 2 N–H and O–H groups in total. The van der Waals surface area contributed by atoms with E-state index in [-0.39, 0.29) is 6.61 Å². The van der Waals surface area contributed by atoms with Gasteiger partial charge in [0.2, 0.25) is 0 Å². The summed E-state index contributed by atoms with van der Waals surface area (Å²) < 4.78 is 0. The molecule has 19 heavy (non-hydrogen) atoms. The molecule has 0 aliphatic carbocycles. The highest BCUT2D eigenvalue weighted by Gasteiger charge is 2.10. The number of benzene rings is 1. The van der Waals surface area contributed by atoms with E-state index in [4.69, 9.17) is 5.11 Å². The first kappa shape index (κ1) is 15.5. The van der Waals surface area contributed by atoms with E-state index in [0.717, 1.165) is 43.9 Å². The second-order valence-corrected chi connectivity index (χ2v) is 4.40. The summed E-state index contributed by atoms with van der Waals surface area (Å²) in [4.78, 5) is 2.13. The van der Waals surface area contributed by atoms with Crippen LogP contribution in [0.3, 0.4) is 0 Å². The molecule has 1 aromatic carbocycles. The third-order valence-corrected chi connectivity index (χ3v) is 3.07. The molecule has 0 spiro atoms. The summed E-state index contributed by atoms with van der Waals surface area (Å²) in [7, 11) is 0. The zero-order valence-corrected chi connectivity index (χ0v) is 11.8. The van der Waals surface area contributed by atoms with Gasteiger partial charge in [-0.3, -0.25) is 0 Å². The molecule has 1 aromatic rings. The lowest BCUT2D eigenvalue weighted by Crippen LogP contribution is -2.25. The van der Waals surface area contributed by atoms with Crippen LogP contribution in [0.4, 0.5) is 5.69 Å². The first-order valence-corrected chi connectivity index (χ1v) is 6.86. The Balaban J connectivity index is 2.90. The van der Waals surface area contributed by atoms with Crippen molar-refractivity contribution in [2.75, 3.05) is 31.1 Å². The standard InChI is InChI=1S/C15H23N3O/c1-3-17-12-13-6-7-15(14(10-13)11-16)18(4-2)8-5-9-19/h6-7,10,17,19H,3-5,8-9,12H2,1-2H3. The van der Waals surface area contributed by atoms with Gasteiger partial charge in [0.15, 0.2) is 0 Å². The molecule has 0 saturated carbocycles. The minimum Gasteiger partial charge on any atom is -0.396 e. The maximum atomic E-state index is 9.29. The molecule has 0 bridgehead atoms. The van der Waals surface area contributed by atoms with Gasteiger partial charge in [-0.05, 0) is 37.6 Å². The van der Waals surface area contributed by atoms with Crippen molar-refractivity contribution in [3.63, 3.8) is 0 Å². The summed E-state index contributed by atoms with van der Waals surface area (Å²) in [6.07, 6.45) is 0.720. The summed E-state index contributed by atoms with van der Waals surface area (Å²) in [5.41, 5.74) is 2.79. The molecular weight excluding hydrogens is 238 g/mol. The molecule has 0 saturated heterocycles. The van der Waals surface area contributed by atoms with E-state index in [9.17, 15) is 5.26 Å². The average molecular weight is 261 g/mol. The van der Waals surface area contributed by atoms with Crippen molar-refractivity contribution in [2.24, 2.45) is 0 Å². The summed E-state index contributed by atoms with van der Waals surface area (Å²) in [5.74, 6) is 0. The number of rotatable bonds is 8. The van der Waals surface area contributed by atoms with Crippen molar-refractivity contribution in [3.8, 4) is 6.07 Å². The molecule has 1 rings (SSSR count).